The minimum absolute atomic E-state index is 0.0675. The molecule has 0 radical (unpaired) electrons. The lowest BCUT2D eigenvalue weighted by molar-refractivity contribution is -0.384. The summed E-state index contributed by atoms with van der Waals surface area (Å²) in [5.74, 6) is 0. The molecule has 2 rings (SSSR count). The molecule has 0 spiro atoms. The Balaban J connectivity index is 1.61. The van der Waals surface area contributed by atoms with Gasteiger partial charge >= 0.3 is 6.03 Å². The third kappa shape index (κ3) is 6.05. The maximum absolute atomic E-state index is 11.7. The Kier molecular flexibility index (Phi) is 6.73. The Morgan fingerprint density at radius 1 is 1.12 bits per heavy atom. The number of anilines is 1. The van der Waals surface area contributed by atoms with Gasteiger partial charge in [-0.05, 0) is 18.1 Å². The van der Waals surface area contributed by atoms with Gasteiger partial charge in [0.1, 0.15) is 0 Å². The van der Waals surface area contributed by atoms with Gasteiger partial charge in [0.15, 0.2) is 0 Å². The number of nitrogens with zero attached hydrogens (tertiary/aromatic N) is 1. The quantitative estimate of drug-likeness (QED) is 0.441. The normalized spacial score (nSPS) is 10.2. The third-order valence-corrected chi connectivity index (χ3v) is 3.18. The fourth-order valence-electron chi connectivity index (χ4n) is 2.01. The van der Waals surface area contributed by atoms with Crippen molar-refractivity contribution in [2.45, 2.75) is 13.0 Å². The molecule has 0 saturated carbocycles. The Morgan fingerprint density at radius 2 is 1.92 bits per heavy atom. The topological polar surface area (TPSA) is 93.5 Å². The molecule has 0 saturated heterocycles. The number of nitrogens with one attached hydrogen (secondary N) is 2. The summed E-state index contributed by atoms with van der Waals surface area (Å²) in [5, 5.41) is 15.9. The maximum Gasteiger partial charge on any atom is 0.319 e. The van der Waals surface area contributed by atoms with E-state index >= 15 is 0 Å². The Hall–Kier alpha value is -2.93. The molecule has 0 aromatic heterocycles. The largest absolute Gasteiger partial charge is 0.377 e. The molecule has 2 amide bonds. The molecule has 7 heteroatoms. The fraction of sp³-hybridized carbons (Fsp3) is 0.235. The molecule has 0 fully saturated rings. The Morgan fingerprint density at radius 3 is 2.67 bits per heavy atom. The first kappa shape index (κ1) is 17.4. The van der Waals surface area contributed by atoms with Crippen molar-refractivity contribution in [1.82, 2.24) is 5.32 Å². The molecule has 0 atom stereocenters. The van der Waals surface area contributed by atoms with Gasteiger partial charge in [-0.1, -0.05) is 36.4 Å². The van der Waals surface area contributed by atoms with E-state index in [0.717, 1.165) is 5.56 Å². The maximum atomic E-state index is 11.7. The summed E-state index contributed by atoms with van der Waals surface area (Å²) in [7, 11) is 0. The van der Waals surface area contributed by atoms with E-state index in [4.69, 9.17) is 4.74 Å². The van der Waals surface area contributed by atoms with E-state index in [1.54, 1.807) is 6.07 Å². The number of carbonyl (C=O) groups is 1. The van der Waals surface area contributed by atoms with Crippen molar-refractivity contribution < 1.29 is 14.5 Å². The predicted octanol–water partition coefficient (Wildman–Crippen LogP) is 3.32. The van der Waals surface area contributed by atoms with Crippen LogP contribution in [0.2, 0.25) is 0 Å². The van der Waals surface area contributed by atoms with Crippen molar-refractivity contribution in [3.05, 3.63) is 70.3 Å². The molecule has 0 bridgehead atoms. The zero-order chi connectivity index (χ0) is 17.2. The molecule has 2 N–H and O–H groups in total. The number of hydrogen-bond acceptors (Lipinski definition) is 4. The van der Waals surface area contributed by atoms with Gasteiger partial charge in [-0.15, -0.1) is 0 Å². The number of hydrogen-bond donors (Lipinski definition) is 2. The van der Waals surface area contributed by atoms with Crippen molar-refractivity contribution >= 4 is 17.4 Å². The first-order valence-electron chi connectivity index (χ1n) is 7.56. The highest BCUT2D eigenvalue weighted by Gasteiger charge is 2.07. The van der Waals surface area contributed by atoms with Gasteiger partial charge in [-0.3, -0.25) is 10.1 Å². The molecule has 0 aliphatic rings. The van der Waals surface area contributed by atoms with E-state index in [-0.39, 0.29) is 5.69 Å². The van der Waals surface area contributed by atoms with Gasteiger partial charge in [0.25, 0.3) is 5.69 Å². The molecule has 126 valence electrons. The van der Waals surface area contributed by atoms with Crippen molar-refractivity contribution in [2.75, 3.05) is 18.5 Å². The van der Waals surface area contributed by atoms with Gasteiger partial charge in [0.05, 0.1) is 11.5 Å². The number of amides is 2. The lowest BCUT2D eigenvalue weighted by Crippen LogP contribution is -2.30. The van der Waals surface area contributed by atoms with Crippen LogP contribution in [0.5, 0.6) is 0 Å². The van der Waals surface area contributed by atoms with Crippen LogP contribution in [-0.4, -0.2) is 24.1 Å². The highest BCUT2D eigenvalue weighted by atomic mass is 16.6. The molecule has 2 aromatic carbocycles. The van der Waals surface area contributed by atoms with Crippen molar-refractivity contribution in [2.24, 2.45) is 0 Å². The smallest absolute Gasteiger partial charge is 0.319 e. The van der Waals surface area contributed by atoms with Crippen LogP contribution in [0, 0.1) is 10.1 Å². The summed E-state index contributed by atoms with van der Waals surface area (Å²) in [6.45, 7) is 1.53. The molecule has 0 heterocycles. The number of nitro benzene ring substituents is 1. The van der Waals surface area contributed by atoms with Crippen molar-refractivity contribution in [3.8, 4) is 0 Å². The van der Waals surface area contributed by atoms with Crippen LogP contribution in [0.15, 0.2) is 54.6 Å². The second-order valence-electron chi connectivity index (χ2n) is 5.08. The summed E-state index contributed by atoms with van der Waals surface area (Å²) in [4.78, 5) is 21.9. The number of ether oxygens (including phenoxy) is 1. The number of rotatable bonds is 8. The lowest BCUT2D eigenvalue weighted by atomic mass is 10.2. The first-order valence-corrected chi connectivity index (χ1v) is 7.56. The highest BCUT2D eigenvalue weighted by molar-refractivity contribution is 5.89. The van der Waals surface area contributed by atoms with E-state index in [9.17, 15) is 14.9 Å². The standard InChI is InChI=1S/C17H19N3O4/c21-17(19-15-8-4-9-16(12-15)20(22)23)18-10-5-11-24-13-14-6-2-1-3-7-14/h1-4,6-9,12H,5,10-11,13H2,(H2,18,19,21). The molecule has 0 aliphatic carbocycles. The minimum atomic E-state index is -0.507. The van der Waals surface area contributed by atoms with E-state index in [0.29, 0.717) is 31.9 Å². The molecule has 7 nitrogen and oxygen atoms in total. The van der Waals surface area contributed by atoms with Crippen LogP contribution in [0.1, 0.15) is 12.0 Å². The summed E-state index contributed by atoms with van der Waals surface area (Å²) >= 11 is 0. The minimum Gasteiger partial charge on any atom is -0.377 e. The Bertz CT molecular complexity index is 677. The second-order valence-corrected chi connectivity index (χ2v) is 5.08. The van der Waals surface area contributed by atoms with Crippen LogP contribution in [-0.2, 0) is 11.3 Å². The number of non-ortho nitro benzene ring substituents is 1. The number of urea groups is 1. The molecular formula is C17H19N3O4. The average molecular weight is 329 g/mol. The second kappa shape index (κ2) is 9.26. The van der Waals surface area contributed by atoms with Crippen molar-refractivity contribution in [3.63, 3.8) is 0 Å². The van der Waals surface area contributed by atoms with Gasteiger partial charge < -0.3 is 15.4 Å². The van der Waals surface area contributed by atoms with Crippen LogP contribution in [0.4, 0.5) is 16.2 Å². The number of nitro groups is 1. The third-order valence-electron chi connectivity index (χ3n) is 3.18. The van der Waals surface area contributed by atoms with E-state index in [1.807, 2.05) is 30.3 Å². The summed E-state index contributed by atoms with van der Waals surface area (Å²) in [6.07, 6.45) is 0.676. The number of carbonyl (C=O) groups excluding carboxylic acids is 1. The van der Waals surface area contributed by atoms with Gasteiger partial charge in [0.2, 0.25) is 0 Å². The first-order chi connectivity index (χ1) is 11.6. The zero-order valence-electron chi connectivity index (χ0n) is 13.1. The Labute approximate surface area is 139 Å². The average Bonchev–Trinajstić information content (AvgIpc) is 2.59. The lowest BCUT2D eigenvalue weighted by Gasteiger charge is -2.08. The molecular weight excluding hydrogens is 310 g/mol. The molecule has 0 unspecified atom stereocenters. The summed E-state index contributed by atoms with van der Waals surface area (Å²) < 4.78 is 5.52. The van der Waals surface area contributed by atoms with E-state index in [1.165, 1.54) is 18.2 Å². The van der Waals surface area contributed by atoms with Gasteiger partial charge in [0, 0.05) is 31.0 Å². The predicted molar refractivity (Wildman–Crippen MR) is 90.8 cm³/mol. The van der Waals surface area contributed by atoms with Crippen LogP contribution >= 0.6 is 0 Å². The highest BCUT2D eigenvalue weighted by Crippen LogP contribution is 2.16. The SMILES string of the molecule is O=C(NCCCOCc1ccccc1)Nc1cccc([N+](=O)[O-])c1. The van der Waals surface area contributed by atoms with Crippen LogP contribution in [0.3, 0.4) is 0 Å². The van der Waals surface area contributed by atoms with Gasteiger partial charge in [-0.25, -0.2) is 4.79 Å². The van der Waals surface area contributed by atoms with Gasteiger partial charge in [-0.2, -0.15) is 0 Å². The van der Waals surface area contributed by atoms with E-state index < -0.39 is 11.0 Å². The van der Waals surface area contributed by atoms with Crippen LogP contribution in [0.25, 0.3) is 0 Å². The molecule has 24 heavy (non-hydrogen) atoms. The fourth-order valence-corrected chi connectivity index (χ4v) is 2.01. The summed E-state index contributed by atoms with van der Waals surface area (Å²) in [5.41, 5.74) is 1.41. The monoisotopic (exact) mass is 329 g/mol. The van der Waals surface area contributed by atoms with Crippen LogP contribution < -0.4 is 10.6 Å². The zero-order valence-corrected chi connectivity index (χ0v) is 13.1. The van der Waals surface area contributed by atoms with E-state index in [2.05, 4.69) is 10.6 Å². The molecule has 2 aromatic rings. The summed E-state index contributed by atoms with van der Waals surface area (Å²) in [6, 6.07) is 15.2. The van der Waals surface area contributed by atoms with Crippen molar-refractivity contribution in [1.29, 1.82) is 0 Å². The number of benzene rings is 2. The molecule has 0 aliphatic heterocycles.